The summed E-state index contributed by atoms with van der Waals surface area (Å²) in [6, 6.07) is 8.42. The number of aryl methyl sites for hydroxylation is 1. The molecule has 3 nitrogen and oxygen atoms in total. The summed E-state index contributed by atoms with van der Waals surface area (Å²) < 4.78 is 11.7. The maximum atomic E-state index is 11.3. The van der Waals surface area contributed by atoms with Gasteiger partial charge in [0.1, 0.15) is 11.7 Å². The molecule has 3 heteroatoms. The number of carbonyl (C=O) groups excluding carboxylic acids is 1. The maximum Gasteiger partial charge on any atom is 0.303 e. The van der Waals surface area contributed by atoms with Crippen LogP contribution in [-0.2, 0) is 26.3 Å². The first-order valence-corrected chi connectivity index (χ1v) is 6.64. The fourth-order valence-corrected chi connectivity index (χ4v) is 4.06. The van der Waals surface area contributed by atoms with E-state index < -0.39 is 0 Å². The number of carbonyl (C=O) groups is 1. The molecule has 1 aromatic carbocycles. The molecular weight excluding hydrogens is 228 g/mol. The molecule has 3 aliphatic rings. The Morgan fingerprint density at radius 3 is 3.06 bits per heavy atom. The lowest BCUT2D eigenvalue weighted by atomic mass is 9.76. The molecule has 1 aromatic rings. The van der Waals surface area contributed by atoms with Gasteiger partial charge < -0.3 is 9.47 Å². The van der Waals surface area contributed by atoms with Crippen molar-refractivity contribution in [2.24, 2.45) is 0 Å². The first-order valence-electron chi connectivity index (χ1n) is 6.64. The smallest absolute Gasteiger partial charge is 0.303 e. The SMILES string of the molecule is CC(=O)O[C@H]1CC[C@]23CCc4ccccc4[C@]12O3. The third-order valence-corrected chi connectivity index (χ3v) is 4.78. The Morgan fingerprint density at radius 2 is 2.22 bits per heavy atom. The maximum absolute atomic E-state index is 11.3. The van der Waals surface area contributed by atoms with Crippen molar-refractivity contribution in [3.05, 3.63) is 35.4 Å². The van der Waals surface area contributed by atoms with E-state index in [0.29, 0.717) is 0 Å². The van der Waals surface area contributed by atoms with Crippen molar-refractivity contribution in [3.63, 3.8) is 0 Å². The highest BCUT2D eigenvalue weighted by Gasteiger charge is 2.79. The Morgan fingerprint density at radius 1 is 1.39 bits per heavy atom. The zero-order chi connectivity index (χ0) is 12.4. The first kappa shape index (κ1) is 10.6. The van der Waals surface area contributed by atoms with Crippen molar-refractivity contribution in [1.29, 1.82) is 0 Å². The van der Waals surface area contributed by atoms with Gasteiger partial charge in [-0.3, -0.25) is 4.79 Å². The summed E-state index contributed by atoms with van der Waals surface area (Å²) in [5.74, 6) is -0.205. The molecule has 0 bridgehead atoms. The van der Waals surface area contributed by atoms with Gasteiger partial charge in [-0.25, -0.2) is 0 Å². The number of esters is 1. The largest absolute Gasteiger partial charge is 0.459 e. The van der Waals surface area contributed by atoms with Crippen molar-refractivity contribution in [3.8, 4) is 0 Å². The summed E-state index contributed by atoms with van der Waals surface area (Å²) in [4.78, 5) is 11.3. The second kappa shape index (κ2) is 3.15. The molecule has 0 spiro atoms. The Kier molecular flexibility index (Phi) is 1.85. The molecule has 2 fully saturated rings. The van der Waals surface area contributed by atoms with E-state index in [2.05, 4.69) is 24.3 Å². The summed E-state index contributed by atoms with van der Waals surface area (Å²) in [5, 5.41) is 0. The lowest BCUT2D eigenvalue weighted by Gasteiger charge is -2.26. The van der Waals surface area contributed by atoms with Crippen LogP contribution in [0.2, 0.25) is 0 Å². The van der Waals surface area contributed by atoms with Crippen LogP contribution in [0.15, 0.2) is 24.3 Å². The van der Waals surface area contributed by atoms with Crippen LogP contribution in [0.5, 0.6) is 0 Å². The predicted octanol–water partition coefficient (Wildman–Crippen LogP) is 2.32. The average molecular weight is 244 g/mol. The highest BCUT2D eigenvalue weighted by Crippen LogP contribution is 2.70. The summed E-state index contributed by atoms with van der Waals surface area (Å²) >= 11 is 0. The second-order valence-corrected chi connectivity index (χ2v) is 5.63. The summed E-state index contributed by atoms with van der Waals surface area (Å²) in [7, 11) is 0. The van der Waals surface area contributed by atoms with E-state index in [1.807, 2.05) is 0 Å². The summed E-state index contributed by atoms with van der Waals surface area (Å²) in [6.07, 6.45) is 3.97. The third kappa shape index (κ3) is 1.06. The molecule has 94 valence electrons. The standard InChI is InChI=1S/C15H16O3/c1-10(16)17-13-7-9-14-8-6-11-4-2-3-5-12(11)15(13,14)18-14/h2-5,13H,6-9H2,1H3/t13-,14+,15-/m0/s1. The Labute approximate surface area is 106 Å². The zero-order valence-corrected chi connectivity index (χ0v) is 10.4. The van der Waals surface area contributed by atoms with Gasteiger partial charge in [-0.15, -0.1) is 0 Å². The lowest BCUT2D eigenvalue weighted by Crippen LogP contribution is -2.35. The van der Waals surface area contributed by atoms with Gasteiger partial charge in [0.05, 0.1) is 0 Å². The molecule has 1 aliphatic heterocycles. The Bertz CT molecular complexity index is 538. The van der Waals surface area contributed by atoms with E-state index in [1.165, 1.54) is 18.1 Å². The molecule has 0 radical (unpaired) electrons. The molecule has 2 aliphatic carbocycles. The normalized spacial score (nSPS) is 39.5. The monoisotopic (exact) mass is 244 g/mol. The molecule has 1 heterocycles. The molecule has 0 amide bonds. The molecule has 0 unspecified atom stereocenters. The van der Waals surface area contributed by atoms with Gasteiger partial charge in [-0.2, -0.15) is 0 Å². The molecule has 0 aromatic heterocycles. The average Bonchev–Trinajstić information content (AvgIpc) is 2.97. The van der Waals surface area contributed by atoms with Crippen molar-refractivity contribution in [2.45, 2.75) is 49.9 Å². The molecule has 18 heavy (non-hydrogen) atoms. The number of hydrogen-bond acceptors (Lipinski definition) is 3. The highest BCUT2D eigenvalue weighted by atomic mass is 16.7. The molecule has 4 rings (SSSR count). The fraction of sp³-hybridized carbons (Fsp3) is 0.533. The fourth-order valence-electron chi connectivity index (χ4n) is 4.06. The molecule has 1 saturated heterocycles. The topological polar surface area (TPSA) is 38.8 Å². The minimum Gasteiger partial charge on any atom is -0.459 e. The molecule has 3 atom stereocenters. The van der Waals surface area contributed by atoms with Gasteiger partial charge in [0.2, 0.25) is 0 Å². The second-order valence-electron chi connectivity index (χ2n) is 5.63. The van der Waals surface area contributed by atoms with E-state index in [-0.39, 0.29) is 23.3 Å². The van der Waals surface area contributed by atoms with Gasteiger partial charge >= 0.3 is 5.97 Å². The number of hydrogen-bond donors (Lipinski definition) is 0. The minimum atomic E-state index is -0.326. The number of ether oxygens (including phenoxy) is 2. The summed E-state index contributed by atoms with van der Waals surface area (Å²) in [6.45, 7) is 1.48. The number of epoxide rings is 1. The van der Waals surface area contributed by atoms with E-state index in [4.69, 9.17) is 9.47 Å². The predicted molar refractivity (Wildman–Crippen MR) is 65.0 cm³/mol. The third-order valence-electron chi connectivity index (χ3n) is 4.78. The quantitative estimate of drug-likeness (QED) is 0.562. The van der Waals surface area contributed by atoms with Gasteiger partial charge in [-0.05, 0) is 36.8 Å². The van der Waals surface area contributed by atoms with Crippen molar-refractivity contribution in [2.75, 3.05) is 0 Å². The van der Waals surface area contributed by atoms with Crippen LogP contribution < -0.4 is 0 Å². The number of fused-ring (bicyclic) bond motifs is 1. The molecule has 0 N–H and O–H groups in total. The lowest BCUT2D eigenvalue weighted by molar-refractivity contribution is -0.150. The number of benzene rings is 1. The van der Waals surface area contributed by atoms with Crippen LogP contribution in [0.3, 0.4) is 0 Å². The zero-order valence-electron chi connectivity index (χ0n) is 10.4. The van der Waals surface area contributed by atoms with E-state index in [9.17, 15) is 4.79 Å². The van der Waals surface area contributed by atoms with Gasteiger partial charge in [0.15, 0.2) is 5.60 Å². The van der Waals surface area contributed by atoms with E-state index >= 15 is 0 Å². The summed E-state index contributed by atoms with van der Waals surface area (Å²) in [5.41, 5.74) is 2.24. The van der Waals surface area contributed by atoms with Crippen molar-refractivity contribution < 1.29 is 14.3 Å². The highest BCUT2D eigenvalue weighted by molar-refractivity contribution is 5.67. The Hall–Kier alpha value is -1.35. The van der Waals surface area contributed by atoms with E-state index in [0.717, 1.165) is 25.7 Å². The van der Waals surface area contributed by atoms with Gasteiger partial charge in [0, 0.05) is 6.92 Å². The van der Waals surface area contributed by atoms with E-state index in [1.54, 1.807) is 0 Å². The van der Waals surface area contributed by atoms with Crippen LogP contribution in [0, 0.1) is 0 Å². The van der Waals surface area contributed by atoms with Crippen molar-refractivity contribution >= 4 is 5.97 Å². The van der Waals surface area contributed by atoms with Crippen LogP contribution >= 0.6 is 0 Å². The van der Waals surface area contributed by atoms with Crippen LogP contribution in [0.25, 0.3) is 0 Å². The van der Waals surface area contributed by atoms with Crippen molar-refractivity contribution in [1.82, 2.24) is 0 Å². The minimum absolute atomic E-state index is 0.0402. The van der Waals surface area contributed by atoms with Crippen LogP contribution in [-0.4, -0.2) is 17.7 Å². The van der Waals surface area contributed by atoms with Gasteiger partial charge in [-0.1, -0.05) is 24.3 Å². The number of rotatable bonds is 1. The molecule has 1 saturated carbocycles. The first-order chi connectivity index (χ1) is 8.68. The van der Waals surface area contributed by atoms with Gasteiger partial charge in [0.25, 0.3) is 0 Å². The molecular formula is C15H16O3. The van der Waals surface area contributed by atoms with Crippen LogP contribution in [0.1, 0.15) is 37.3 Å². The Balaban J connectivity index is 1.82. The van der Waals surface area contributed by atoms with Crippen LogP contribution in [0.4, 0.5) is 0 Å².